The molecule has 108 valence electrons. The van der Waals surface area contributed by atoms with E-state index in [-0.39, 0.29) is 30.0 Å². The molecule has 1 atom stereocenters. The van der Waals surface area contributed by atoms with Crippen molar-refractivity contribution in [2.24, 2.45) is 0 Å². The summed E-state index contributed by atoms with van der Waals surface area (Å²) < 4.78 is 4.80. The van der Waals surface area contributed by atoms with E-state index < -0.39 is 0 Å². The molecular formula is C15H15N3O3. The monoisotopic (exact) mass is 285 g/mol. The van der Waals surface area contributed by atoms with Crippen LogP contribution in [0.2, 0.25) is 0 Å². The molecular weight excluding hydrogens is 270 g/mol. The Kier molecular flexibility index (Phi) is 3.43. The number of aromatic nitrogens is 1. The van der Waals surface area contributed by atoms with Gasteiger partial charge in [-0.15, -0.1) is 0 Å². The number of benzene rings is 1. The molecule has 1 aliphatic heterocycles. The van der Waals surface area contributed by atoms with E-state index in [0.717, 1.165) is 11.3 Å². The average Bonchev–Trinajstić information content (AvgIpc) is 3.08. The summed E-state index contributed by atoms with van der Waals surface area (Å²) >= 11 is 0. The minimum atomic E-state index is -0.351. The van der Waals surface area contributed by atoms with Crippen LogP contribution in [0.15, 0.2) is 41.1 Å². The van der Waals surface area contributed by atoms with Crippen molar-refractivity contribution in [3.8, 4) is 0 Å². The zero-order valence-corrected chi connectivity index (χ0v) is 11.6. The largest absolute Gasteiger partial charge is 0.351 e. The molecule has 0 aliphatic carbocycles. The van der Waals surface area contributed by atoms with Crippen molar-refractivity contribution in [3.63, 3.8) is 0 Å². The Labute approximate surface area is 121 Å². The molecule has 1 N–H and O–H groups in total. The van der Waals surface area contributed by atoms with Crippen LogP contribution in [-0.2, 0) is 4.79 Å². The van der Waals surface area contributed by atoms with Crippen LogP contribution in [0, 0.1) is 6.92 Å². The second-order valence-corrected chi connectivity index (χ2v) is 5.09. The summed E-state index contributed by atoms with van der Waals surface area (Å²) in [6.45, 7) is 2.44. The molecule has 0 radical (unpaired) electrons. The van der Waals surface area contributed by atoms with Gasteiger partial charge in [-0.05, 0) is 24.6 Å². The maximum Gasteiger partial charge on any atom is 0.290 e. The lowest BCUT2D eigenvalue weighted by Crippen LogP contribution is -2.37. The van der Waals surface area contributed by atoms with E-state index in [2.05, 4.69) is 10.5 Å². The van der Waals surface area contributed by atoms with Crippen LogP contribution >= 0.6 is 0 Å². The van der Waals surface area contributed by atoms with Gasteiger partial charge in [-0.3, -0.25) is 9.59 Å². The molecule has 1 saturated heterocycles. The number of hydrogen-bond donors (Lipinski definition) is 1. The second kappa shape index (κ2) is 5.40. The fourth-order valence-electron chi connectivity index (χ4n) is 2.44. The van der Waals surface area contributed by atoms with Gasteiger partial charge in [-0.2, -0.15) is 0 Å². The molecule has 2 amide bonds. The van der Waals surface area contributed by atoms with E-state index in [4.69, 9.17) is 4.52 Å². The van der Waals surface area contributed by atoms with Gasteiger partial charge in [-0.25, -0.2) is 0 Å². The van der Waals surface area contributed by atoms with Crippen molar-refractivity contribution in [2.75, 3.05) is 11.4 Å². The Morgan fingerprint density at radius 2 is 2.29 bits per heavy atom. The average molecular weight is 285 g/mol. The summed E-state index contributed by atoms with van der Waals surface area (Å²) in [6.07, 6.45) is 1.70. The first kappa shape index (κ1) is 13.4. The van der Waals surface area contributed by atoms with Gasteiger partial charge in [0, 0.05) is 24.7 Å². The molecule has 6 nitrogen and oxygen atoms in total. The Balaban J connectivity index is 1.69. The summed E-state index contributed by atoms with van der Waals surface area (Å²) in [7, 11) is 0. The predicted molar refractivity (Wildman–Crippen MR) is 75.9 cm³/mol. The summed E-state index contributed by atoms with van der Waals surface area (Å²) in [4.78, 5) is 25.7. The van der Waals surface area contributed by atoms with Crippen molar-refractivity contribution >= 4 is 17.5 Å². The van der Waals surface area contributed by atoms with E-state index in [1.807, 2.05) is 31.2 Å². The molecule has 0 bridgehead atoms. The highest BCUT2D eigenvalue weighted by Crippen LogP contribution is 2.22. The van der Waals surface area contributed by atoms with E-state index >= 15 is 0 Å². The Bertz CT molecular complexity index is 667. The van der Waals surface area contributed by atoms with Gasteiger partial charge in [0.25, 0.3) is 5.91 Å². The molecule has 1 aromatic carbocycles. The summed E-state index contributed by atoms with van der Waals surface area (Å²) in [5.41, 5.74) is 1.95. The zero-order valence-electron chi connectivity index (χ0n) is 11.6. The normalized spacial score (nSPS) is 18.0. The molecule has 1 fully saturated rings. The number of rotatable bonds is 3. The second-order valence-electron chi connectivity index (χ2n) is 5.09. The molecule has 0 unspecified atom stereocenters. The fraction of sp³-hybridized carbons (Fsp3) is 0.267. The SMILES string of the molecule is Cc1cccc(N2C[C@H](NC(=O)c3ccno3)CC2=O)c1. The first-order valence-corrected chi connectivity index (χ1v) is 6.72. The molecule has 6 heteroatoms. The lowest BCUT2D eigenvalue weighted by Gasteiger charge is -2.17. The number of hydrogen-bond acceptors (Lipinski definition) is 4. The predicted octanol–water partition coefficient (Wildman–Crippen LogP) is 1.52. The zero-order chi connectivity index (χ0) is 14.8. The lowest BCUT2D eigenvalue weighted by atomic mass is 10.2. The number of nitrogens with one attached hydrogen (secondary N) is 1. The first-order valence-electron chi connectivity index (χ1n) is 6.72. The summed E-state index contributed by atoms with van der Waals surface area (Å²) in [5.74, 6) is -0.198. The van der Waals surface area contributed by atoms with Gasteiger partial charge in [0.05, 0.1) is 12.2 Å². The van der Waals surface area contributed by atoms with Crippen LogP contribution in [0.3, 0.4) is 0 Å². The highest BCUT2D eigenvalue weighted by atomic mass is 16.5. The third kappa shape index (κ3) is 2.79. The van der Waals surface area contributed by atoms with Crippen molar-refractivity contribution < 1.29 is 14.1 Å². The third-order valence-corrected chi connectivity index (χ3v) is 3.44. The van der Waals surface area contributed by atoms with Gasteiger partial charge in [0.1, 0.15) is 0 Å². The Morgan fingerprint density at radius 3 is 3.00 bits per heavy atom. The van der Waals surface area contributed by atoms with Gasteiger partial charge in [0.2, 0.25) is 11.7 Å². The fourth-order valence-corrected chi connectivity index (χ4v) is 2.44. The quantitative estimate of drug-likeness (QED) is 0.927. The number of anilines is 1. The smallest absolute Gasteiger partial charge is 0.290 e. The van der Waals surface area contributed by atoms with Gasteiger partial charge in [0.15, 0.2) is 0 Å². The highest BCUT2D eigenvalue weighted by molar-refractivity contribution is 5.98. The Hall–Kier alpha value is -2.63. The number of nitrogens with zero attached hydrogens (tertiary/aromatic N) is 2. The standard InChI is InChI=1S/C15H15N3O3/c1-10-3-2-4-12(7-10)18-9-11(8-14(18)19)17-15(20)13-5-6-16-21-13/h2-7,11H,8-9H2,1H3,(H,17,20)/t11-/m1/s1. The van der Waals surface area contributed by atoms with Crippen molar-refractivity contribution in [1.29, 1.82) is 0 Å². The number of amides is 2. The van der Waals surface area contributed by atoms with Crippen LogP contribution in [-0.4, -0.2) is 29.6 Å². The van der Waals surface area contributed by atoms with E-state index in [1.54, 1.807) is 4.90 Å². The molecule has 0 spiro atoms. The third-order valence-electron chi connectivity index (χ3n) is 3.44. The van der Waals surface area contributed by atoms with Gasteiger partial charge >= 0.3 is 0 Å². The molecule has 2 aromatic rings. The minimum Gasteiger partial charge on any atom is -0.351 e. The van der Waals surface area contributed by atoms with Crippen LogP contribution in [0.4, 0.5) is 5.69 Å². The van der Waals surface area contributed by atoms with Crippen LogP contribution < -0.4 is 10.2 Å². The van der Waals surface area contributed by atoms with Gasteiger partial charge in [-0.1, -0.05) is 17.3 Å². The maximum atomic E-state index is 12.1. The summed E-state index contributed by atoms with van der Waals surface area (Å²) in [5, 5.41) is 6.28. The summed E-state index contributed by atoms with van der Waals surface area (Å²) in [6, 6.07) is 9.01. The van der Waals surface area contributed by atoms with Crippen LogP contribution in [0.1, 0.15) is 22.5 Å². The molecule has 0 saturated carbocycles. The topological polar surface area (TPSA) is 75.4 Å². The van der Waals surface area contributed by atoms with Crippen molar-refractivity contribution in [3.05, 3.63) is 47.9 Å². The van der Waals surface area contributed by atoms with Crippen molar-refractivity contribution in [1.82, 2.24) is 10.5 Å². The van der Waals surface area contributed by atoms with Crippen LogP contribution in [0.5, 0.6) is 0 Å². The number of carbonyl (C=O) groups is 2. The maximum absolute atomic E-state index is 12.1. The Morgan fingerprint density at radius 1 is 1.43 bits per heavy atom. The van der Waals surface area contributed by atoms with E-state index in [1.165, 1.54) is 12.3 Å². The van der Waals surface area contributed by atoms with Gasteiger partial charge < -0.3 is 14.7 Å². The van der Waals surface area contributed by atoms with E-state index in [9.17, 15) is 9.59 Å². The molecule has 1 aromatic heterocycles. The number of carbonyl (C=O) groups excluding carboxylic acids is 2. The first-order chi connectivity index (χ1) is 10.1. The molecule has 3 rings (SSSR count). The lowest BCUT2D eigenvalue weighted by molar-refractivity contribution is -0.117. The van der Waals surface area contributed by atoms with E-state index in [0.29, 0.717) is 6.54 Å². The highest BCUT2D eigenvalue weighted by Gasteiger charge is 2.32. The molecule has 2 heterocycles. The minimum absolute atomic E-state index is 0.00321. The number of aryl methyl sites for hydroxylation is 1. The van der Waals surface area contributed by atoms with Crippen molar-refractivity contribution in [2.45, 2.75) is 19.4 Å². The molecule has 21 heavy (non-hydrogen) atoms. The molecule has 1 aliphatic rings. The van der Waals surface area contributed by atoms with Crippen LogP contribution in [0.25, 0.3) is 0 Å².